The molecule has 0 bridgehead atoms. The number of carbonyl (C=O) groups is 2. The summed E-state index contributed by atoms with van der Waals surface area (Å²) in [5.41, 5.74) is 2.05. The van der Waals surface area contributed by atoms with Crippen molar-refractivity contribution < 1.29 is 18.4 Å². The molecular formula is C22H21F2N7O2. The van der Waals surface area contributed by atoms with Crippen molar-refractivity contribution in [3.05, 3.63) is 65.2 Å². The molecule has 33 heavy (non-hydrogen) atoms. The first-order chi connectivity index (χ1) is 15.7. The van der Waals surface area contributed by atoms with Crippen molar-refractivity contribution in [1.29, 1.82) is 0 Å². The van der Waals surface area contributed by atoms with Gasteiger partial charge in [-0.15, -0.1) is 0 Å². The predicted octanol–water partition coefficient (Wildman–Crippen LogP) is 3.61. The summed E-state index contributed by atoms with van der Waals surface area (Å²) in [5.74, 6) is -0.802. The number of hydrogen-bond donors (Lipinski definition) is 2. The summed E-state index contributed by atoms with van der Waals surface area (Å²) in [6.07, 6.45) is -1.02. The van der Waals surface area contributed by atoms with Gasteiger partial charge in [-0.05, 0) is 44.2 Å². The summed E-state index contributed by atoms with van der Waals surface area (Å²) >= 11 is 0. The Morgan fingerprint density at radius 1 is 1.06 bits per heavy atom. The van der Waals surface area contributed by atoms with Crippen LogP contribution in [-0.2, 0) is 18.4 Å². The van der Waals surface area contributed by atoms with Gasteiger partial charge in [0.2, 0.25) is 5.91 Å². The van der Waals surface area contributed by atoms with E-state index >= 15 is 0 Å². The number of nitrogens with zero attached hydrogens (tertiary/aromatic N) is 5. The lowest BCUT2D eigenvalue weighted by molar-refractivity contribution is -0.116. The number of carbonyl (C=O) groups excluding carboxylic acids is 2. The molecule has 2 amide bonds. The lowest BCUT2D eigenvalue weighted by atomic mass is 10.1. The zero-order valence-corrected chi connectivity index (χ0v) is 18.1. The number of pyridine rings is 1. The van der Waals surface area contributed by atoms with Gasteiger partial charge < -0.3 is 10.6 Å². The lowest BCUT2D eigenvalue weighted by Crippen LogP contribution is -2.20. The molecule has 4 rings (SSSR count). The highest BCUT2D eigenvalue weighted by Gasteiger charge is 2.20. The molecule has 170 valence electrons. The van der Waals surface area contributed by atoms with Gasteiger partial charge in [-0.2, -0.15) is 10.2 Å². The summed E-state index contributed by atoms with van der Waals surface area (Å²) in [6.45, 7) is 3.00. The van der Waals surface area contributed by atoms with Crippen molar-refractivity contribution in [3.8, 4) is 0 Å². The molecule has 0 aliphatic rings. The molecule has 0 saturated heterocycles. The maximum atomic E-state index is 13.5. The first-order valence-corrected chi connectivity index (χ1v) is 10.0. The molecule has 0 spiro atoms. The third-order valence-corrected chi connectivity index (χ3v) is 4.91. The van der Waals surface area contributed by atoms with Crippen LogP contribution in [0, 0.1) is 13.8 Å². The monoisotopic (exact) mass is 453 g/mol. The van der Waals surface area contributed by atoms with Crippen molar-refractivity contribution in [2.45, 2.75) is 26.8 Å². The first kappa shape index (κ1) is 22.1. The summed E-state index contributed by atoms with van der Waals surface area (Å²) in [6, 6.07) is 9.54. The fourth-order valence-corrected chi connectivity index (χ4v) is 3.54. The molecule has 1 aromatic carbocycles. The van der Waals surface area contributed by atoms with E-state index in [-0.39, 0.29) is 34.7 Å². The highest BCUT2D eigenvalue weighted by molar-refractivity contribution is 6.03. The second-order valence-corrected chi connectivity index (χ2v) is 7.55. The van der Waals surface area contributed by atoms with E-state index in [1.54, 1.807) is 57.4 Å². The molecule has 4 aromatic rings. The van der Waals surface area contributed by atoms with Gasteiger partial charge in [0.05, 0.1) is 11.1 Å². The Labute approximate surface area is 187 Å². The molecule has 0 saturated carbocycles. The average Bonchev–Trinajstić information content (AvgIpc) is 3.31. The number of halogens is 2. The van der Waals surface area contributed by atoms with Gasteiger partial charge in [0.15, 0.2) is 11.3 Å². The van der Waals surface area contributed by atoms with E-state index < -0.39 is 12.3 Å². The Bertz CT molecular complexity index is 1360. The van der Waals surface area contributed by atoms with E-state index in [4.69, 9.17) is 0 Å². The van der Waals surface area contributed by atoms with E-state index in [9.17, 15) is 18.4 Å². The number of rotatable bonds is 6. The quantitative estimate of drug-likeness (QED) is 0.464. The second kappa shape index (κ2) is 8.77. The van der Waals surface area contributed by atoms with Gasteiger partial charge >= 0.3 is 0 Å². The Balaban J connectivity index is 1.50. The van der Waals surface area contributed by atoms with E-state index in [1.807, 2.05) is 0 Å². The zero-order valence-electron chi connectivity index (χ0n) is 18.1. The number of nitrogens with one attached hydrogen (secondary N) is 2. The van der Waals surface area contributed by atoms with E-state index in [1.165, 1.54) is 15.4 Å². The number of alkyl halides is 2. The number of benzene rings is 1. The van der Waals surface area contributed by atoms with Crippen LogP contribution in [0.5, 0.6) is 0 Å². The summed E-state index contributed by atoms with van der Waals surface area (Å²) in [4.78, 5) is 29.2. The molecule has 9 nitrogen and oxygen atoms in total. The SMILES string of the molecule is Cc1cc(C(F)F)c2c(C)nn(CC(=O)Nc3cccc(NC(=O)c4ccn(C)n4)c3)c2n1. The maximum absolute atomic E-state index is 13.5. The van der Waals surface area contributed by atoms with Crippen molar-refractivity contribution in [2.24, 2.45) is 7.05 Å². The van der Waals surface area contributed by atoms with Crippen LogP contribution in [0.1, 0.15) is 33.9 Å². The van der Waals surface area contributed by atoms with Gasteiger partial charge in [0.25, 0.3) is 12.3 Å². The molecule has 0 aliphatic carbocycles. The Morgan fingerprint density at radius 2 is 1.79 bits per heavy atom. The molecule has 0 aliphatic heterocycles. The third-order valence-electron chi connectivity index (χ3n) is 4.91. The molecule has 0 fully saturated rings. The topological polar surface area (TPSA) is 107 Å². The third kappa shape index (κ3) is 4.71. The zero-order chi connectivity index (χ0) is 23.7. The van der Waals surface area contributed by atoms with E-state index in [2.05, 4.69) is 25.8 Å². The Hall–Kier alpha value is -4.15. The van der Waals surface area contributed by atoms with Gasteiger partial charge in [-0.25, -0.2) is 18.4 Å². The number of amides is 2. The summed E-state index contributed by atoms with van der Waals surface area (Å²) in [7, 11) is 1.71. The number of aryl methyl sites for hydroxylation is 3. The number of fused-ring (bicyclic) bond motifs is 1. The largest absolute Gasteiger partial charge is 0.324 e. The fraction of sp³-hybridized carbons (Fsp3) is 0.227. The first-order valence-electron chi connectivity index (χ1n) is 10.0. The number of hydrogen-bond acceptors (Lipinski definition) is 5. The van der Waals surface area contributed by atoms with Gasteiger partial charge in [-0.1, -0.05) is 6.07 Å². The molecular weight excluding hydrogens is 432 g/mol. The average molecular weight is 453 g/mol. The van der Waals surface area contributed by atoms with Crippen LogP contribution in [0.4, 0.5) is 20.2 Å². The Kier molecular flexibility index (Phi) is 5.86. The van der Waals surface area contributed by atoms with Gasteiger partial charge in [0, 0.05) is 35.9 Å². The van der Waals surface area contributed by atoms with Crippen molar-refractivity contribution in [3.63, 3.8) is 0 Å². The molecule has 0 radical (unpaired) electrons. The van der Waals surface area contributed by atoms with E-state index in [0.29, 0.717) is 22.8 Å². The van der Waals surface area contributed by atoms with Crippen LogP contribution < -0.4 is 10.6 Å². The standard InChI is InChI=1S/C22H21F2N7O2/c1-12-9-16(20(23)24)19-13(2)28-31(21(19)25-12)11-18(32)26-14-5-4-6-15(10-14)27-22(33)17-7-8-30(3)29-17/h4-10,20H,11H2,1-3H3,(H,26,32)(H,27,33). The minimum Gasteiger partial charge on any atom is -0.324 e. The van der Waals surface area contributed by atoms with Crippen molar-refractivity contribution >= 4 is 34.2 Å². The molecule has 2 N–H and O–H groups in total. The van der Waals surface area contributed by atoms with Crippen LogP contribution in [-0.4, -0.2) is 36.4 Å². The molecule has 3 aromatic heterocycles. The summed E-state index contributed by atoms with van der Waals surface area (Å²) < 4.78 is 29.8. The van der Waals surface area contributed by atoms with Gasteiger partial charge in [-0.3, -0.25) is 14.3 Å². The maximum Gasteiger partial charge on any atom is 0.276 e. The van der Waals surface area contributed by atoms with Crippen LogP contribution in [0.2, 0.25) is 0 Å². The number of anilines is 2. The number of aromatic nitrogens is 5. The fourth-order valence-electron chi connectivity index (χ4n) is 3.54. The smallest absolute Gasteiger partial charge is 0.276 e. The minimum atomic E-state index is -2.68. The van der Waals surface area contributed by atoms with Crippen molar-refractivity contribution in [2.75, 3.05) is 10.6 Å². The lowest BCUT2D eigenvalue weighted by Gasteiger charge is -2.09. The van der Waals surface area contributed by atoms with Crippen LogP contribution in [0.3, 0.4) is 0 Å². The van der Waals surface area contributed by atoms with Crippen molar-refractivity contribution in [1.82, 2.24) is 24.5 Å². The van der Waals surface area contributed by atoms with Crippen LogP contribution in [0.25, 0.3) is 11.0 Å². The minimum absolute atomic E-state index is 0.155. The highest BCUT2D eigenvalue weighted by atomic mass is 19.3. The van der Waals surface area contributed by atoms with Crippen LogP contribution >= 0.6 is 0 Å². The van der Waals surface area contributed by atoms with Crippen LogP contribution in [0.15, 0.2) is 42.6 Å². The van der Waals surface area contributed by atoms with Gasteiger partial charge in [0.1, 0.15) is 6.54 Å². The molecule has 0 unspecified atom stereocenters. The predicted molar refractivity (Wildman–Crippen MR) is 118 cm³/mol. The Morgan fingerprint density at radius 3 is 2.45 bits per heavy atom. The second-order valence-electron chi connectivity index (χ2n) is 7.55. The molecule has 0 atom stereocenters. The van der Waals surface area contributed by atoms with E-state index in [0.717, 1.165) is 0 Å². The highest BCUT2D eigenvalue weighted by Crippen LogP contribution is 2.30. The normalized spacial score (nSPS) is 11.2. The molecule has 3 heterocycles. The molecule has 11 heteroatoms. The summed E-state index contributed by atoms with van der Waals surface area (Å²) in [5, 5.41) is 14.0.